The first kappa shape index (κ1) is 13.9. The number of unbranched alkanes of at least 4 members (excludes halogenated alkanes) is 3. The number of hydrogen-bond acceptors (Lipinski definition) is 4. The lowest BCUT2D eigenvalue weighted by Crippen LogP contribution is -2.06. The zero-order chi connectivity index (χ0) is 13.5. The quantitative estimate of drug-likeness (QED) is 0.730. The van der Waals surface area contributed by atoms with Gasteiger partial charge in [-0.3, -0.25) is 0 Å². The fourth-order valence-electron chi connectivity index (χ4n) is 1.80. The maximum atomic E-state index is 5.73. The van der Waals surface area contributed by atoms with Crippen molar-refractivity contribution in [1.82, 2.24) is 8.75 Å². The molecule has 0 spiro atoms. The molecule has 0 aliphatic carbocycles. The third kappa shape index (κ3) is 3.99. The lowest BCUT2D eigenvalue weighted by Gasteiger charge is -2.03. The van der Waals surface area contributed by atoms with Gasteiger partial charge >= 0.3 is 0 Å². The van der Waals surface area contributed by atoms with Gasteiger partial charge in [0.15, 0.2) is 17.6 Å². The summed E-state index contributed by atoms with van der Waals surface area (Å²) in [5.74, 6) is 0.652. The average molecular weight is 278 g/mol. The van der Waals surface area contributed by atoms with Gasteiger partial charge in [-0.05, 0) is 12.5 Å². The number of nitrogens with zero attached hydrogens (tertiary/aromatic N) is 2. The summed E-state index contributed by atoms with van der Waals surface area (Å²) in [4.78, 5) is 3.18. The van der Waals surface area contributed by atoms with Crippen LogP contribution in [0.5, 0.6) is 5.88 Å². The highest BCUT2D eigenvalue weighted by atomic mass is 32.1. The molecule has 0 fully saturated rings. The summed E-state index contributed by atoms with van der Waals surface area (Å²) in [6.07, 6.45) is 6.73. The van der Waals surface area contributed by atoms with Crippen LogP contribution in [0.15, 0.2) is 18.3 Å². The average Bonchev–Trinajstić information content (AvgIpc) is 2.88. The molecule has 0 amide bonds. The van der Waals surface area contributed by atoms with Crippen molar-refractivity contribution >= 4 is 11.7 Å². The Balaban J connectivity index is 1.96. The molecule has 0 saturated carbocycles. The Labute approximate surface area is 118 Å². The van der Waals surface area contributed by atoms with Crippen LogP contribution in [-0.2, 0) is 0 Å². The highest BCUT2D eigenvalue weighted by Crippen LogP contribution is 2.26. The van der Waals surface area contributed by atoms with Crippen LogP contribution in [0.3, 0.4) is 0 Å². The first-order valence-electron chi connectivity index (χ1n) is 6.75. The van der Waals surface area contributed by atoms with Gasteiger partial charge in [0, 0.05) is 13.0 Å². The third-order valence-electron chi connectivity index (χ3n) is 2.94. The van der Waals surface area contributed by atoms with E-state index in [1.165, 1.54) is 31.0 Å². The van der Waals surface area contributed by atoms with Crippen LogP contribution in [0.4, 0.5) is 0 Å². The molecule has 2 heterocycles. The van der Waals surface area contributed by atoms with E-state index in [1.54, 1.807) is 0 Å². The Hall–Kier alpha value is -1.49. The standard InChI is InChI=1S/C14H19N3OS/c1-3-4-5-6-9-18-14-13(16-19-17-14)12-8-7-11(2)15-10-12/h7-8,10H,3-6,9H2,1-2H3/p+1. The third-order valence-corrected chi connectivity index (χ3v) is 3.45. The van der Waals surface area contributed by atoms with E-state index in [9.17, 15) is 0 Å². The molecular weight excluding hydrogens is 258 g/mol. The van der Waals surface area contributed by atoms with Crippen molar-refractivity contribution < 1.29 is 9.72 Å². The zero-order valence-electron chi connectivity index (χ0n) is 11.5. The van der Waals surface area contributed by atoms with E-state index in [0.29, 0.717) is 12.5 Å². The molecule has 0 saturated heterocycles. The Bertz CT molecular complexity index is 496. The summed E-state index contributed by atoms with van der Waals surface area (Å²) in [5, 5.41) is 0. The van der Waals surface area contributed by atoms with Crippen LogP contribution in [0, 0.1) is 6.92 Å². The van der Waals surface area contributed by atoms with Crippen molar-refractivity contribution in [3.05, 3.63) is 24.0 Å². The van der Waals surface area contributed by atoms with Crippen LogP contribution < -0.4 is 9.72 Å². The number of ether oxygens (including phenoxy) is 1. The minimum absolute atomic E-state index is 0.652. The first-order valence-corrected chi connectivity index (χ1v) is 7.48. The summed E-state index contributed by atoms with van der Waals surface area (Å²) < 4.78 is 14.3. The Morgan fingerprint density at radius 3 is 2.84 bits per heavy atom. The van der Waals surface area contributed by atoms with E-state index in [-0.39, 0.29) is 0 Å². The fraction of sp³-hybridized carbons (Fsp3) is 0.500. The predicted octanol–water partition coefficient (Wildman–Crippen LogP) is 3.29. The SMILES string of the molecule is CCCCCCOc1nsnc1-c1ccc(C)[nH+]c1. The number of aryl methyl sites for hydroxylation is 1. The van der Waals surface area contributed by atoms with E-state index in [2.05, 4.69) is 20.7 Å². The molecule has 0 unspecified atom stereocenters. The van der Waals surface area contributed by atoms with E-state index in [0.717, 1.165) is 23.4 Å². The summed E-state index contributed by atoms with van der Waals surface area (Å²) >= 11 is 1.19. The summed E-state index contributed by atoms with van der Waals surface area (Å²) in [5.41, 5.74) is 2.97. The van der Waals surface area contributed by atoms with Gasteiger partial charge in [-0.1, -0.05) is 26.2 Å². The van der Waals surface area contributed by atoms with Crippen LogP contribution in [0.2, 0.25) is 0 Å². The molecule has 4 nitrogen and oxygen atoms in total. The Morgan fingerprint density at radius 1 is 1.21 bits per heavy atom. The number of rotatable bonds is 7. The second-order valence-corrected chi connectivity index (χ2v) is 5.12. The number of aromatic amines is 1. The van der Waals surface area contributed by atoms with Gasteiger partial charge in [0.25, 0.3) is 5.88 Å². The second-order valence-electron chi connectivity index (χ2n) is 4.59. The maximum absolute atomic E-state index is 5.73. The van der Waals surface area contributed by atoms with Crippen molar-refractivity contribution in [2.75, 3.05) is 6.61 Å². The maximum Gasteiger partial charge on any atom is 0.254 e. The van der Waals surface area contributed by atoms with E-state index in [1.807, 2.05) is 25.3 Å². The number of hydrogen-bond donors (Lipinski definition) is 0. The van der Waals surface area contributed by atoms with Crippen molar-refractivity contribution in [3.8, 4) is 17.1 Å². The largest absolute Gasteiger partial charge is 0.475 e. The van der Waals surface area contributed by atoms with Crippen LogP contribution in [0.1, 0.15) is 38.3 Å². The van der Waals surface area contributed by atoms with Crippen molar-refractivity contribution in [3.63, 3.8) is 0 Å². The number of aromatic nitrogens is 3. The molecule has 2 rings (SSSR count). The van der Waals surface area contributed by atoms with Crippen molar-refractivity contribution in [1.29, 1.82) is 0 Å². The van der Waals surface area contributed by atoms with Crippen LogP contribution >= 0.6 is 11.7 Å². The van der Waals surface area contributed by atoms with E-state index in [4.69, 9.17) is 4.74 Å². The molecular formula is C14H20N3OS+. The van der Waals surface area contributed by atoms with Gasteiger partial charge in [0.2, 0.25) is 0 Å². The van der Waals surface area contributed by atoms with Crippen LogP contribution in [0.25, 0.3) is 11.3 Å². The molecule has 0 aromatic carbocycles. The molecule has 19 heavy (non-hydrogen) atoms. The lowest BCUT2D eigenvalue weighted by molar-refractivity contribution is -0.386. The van der Waals surface area contributed by atoms with E-state index >= 15 is 0 Å². The second kappa shape index (κ2) is 7.19. The predicted molar refractivity (Wildman–Crippen MR) is 76.3 cm³/mol. The van der Waals surface area contributed by atoms with Gasteiger partial charge < -0.3 is 4.74 Å². The number of pyridine rings is 1. The zero-order valence-corrected chi connectivity index (χ0v) is 12.3. The smallest absolute Gasteiger partial charge is 0.254 e. The van der Waals surface area contributed by atoms with Crippen LogP contribution in [-0.4, -0.2) is 15.4 Å². The minimum Gasteiger partial charge on any atom is -0.475 e. The van der Waals surface area contributed by atoms with Gasteiger partial charge in [-0.15, -0.1) is 4.37 Å². The van der Waals surface area contributed by atoms with Crippen molar-refractivity contribution in [2.45, 2.75) is 39.5 Å². The summed E-state index contributed by atoms with van der Waals surface area (Å²) in [6, 6.07) is 4.06. The monoisotopic (exact) mass is 278 g/mol. The molecule has 0 atom stereocenters. The fourth-order valence-corrected chi connectivity index (χ4v) is 2.32. The minimum atomic E-state index is 0.652. The van der Waals surface area contributed by atoms with Crippen molar-refractivity contribution in [2.24, 2.45) is 0 Å². The van der Waals surface area contributed by atoms with Gasteiger partial charge in [0.05, 0.1) is 23.9 Å². The molecule has 0 bridgehead atoms. The molecule has 0 aliphatic heterocycles. The molecule has 2 aromatic rings. The lowest BCUT2D eigenvalue weighted by atomic mass is 10.2. The topological polar surface area (TPSA) is 49.2 Å². The summed E-state index contributed by atoms with van der Waals surface area (Å²) in [6.45, 7) is 4.94. The molecule has 2 aromatic heterocycles. The molecule has 0 aliphatic rings. The molecule has 102 valence electrons. The molecule has 0 radical (unpaired) electrons. The van der Waals surface area contributed by atoms with Gasteiger partial charge in [-0.2, -0.15) is 4.37 Å². The van der Waals surface area contributed by atoms with Gasteiger partial charge in [-0.25, -0.2) is 4.98 Å². The number of nitrogens with one attached hydrogen (secondary N) is 1. The number of H-pyrrole nitrogens is 1. The highest BCUT2D eigenvalue weighted by Gasteiger charge is 2.13. The Kier molecular flexibility index (Phi) is 5.27. The first-order chi connectivity index (χ1) is 9.31. The highest BCUT2D eigenvalue weighted by molar-refractivity contribution is 6.99. The Morgan fingerprint density at radius 2 is 2.11 bits per heavy atom. The molecule has 5 heteroatoms. The molecule has 1 N–H and O–H groups in total. The van der Waals surface area contributed by atoms with E-state index < -0.39 is 0 Å². The summed E-state index contributed by atoms with van der Waals surface area (Å²) in [7, 11) is 0. The van der Waals surface area contributed by atoms with Gasteiger partial charge in [0.1, 0.15) is 0 Å². The normalized spacial score (nSPS) is 10.6.